The molecule has 0 bridgehead atoms. The lowest BCUT2D eigenvalue weighted by molar-refractivity contribution is 1.36. The van der Waals surface area contributed by atoms with Crippen molar-refractivity contribution in [2.45, 2.75) is 0 Å². The van der Waals surface area contributed by atoms with Crippen LogP contribution in [-0.4, -0.2) is 16.4 Å². The maximum Gasteiger partial charge on any atom is 0.0992 e. The summed E-state index contributed by atoms with van der Waals surface area (Å²) in [6.07, 6.45) is 3.54. The molecule has 5 heteroatoms. The molecule has 0 aliphatic heterocycles. The van der Waals surface area contributed by atoms with E-state index >= 15 is 0 Å². The molecular formula is C33H19N5. The van der Waals surface area contributed by atoms with Gasteiger partial charge in [-0.05, 0) is 58.7 Å². The van der Waals surface area contributed by atoms with Crippen molar-refractivity contribution < 1.29 is 0 Å². The van der Waals surface area contributed by atoms with E-state index in [4.69, 9.17) is 15.8 Å². The smallest absolute Gasteiger partial charge is 0.0992 e. The number of fused-ring (bicyclic) bond motifs is 3. The molecule has 2 N–H and O–H groups in total. The zero-order valence-corrected chi connectivity index (χ0v) is 20.2. The third kappa shape index (κ3) is 3.86. The molecule has 6 rings (SSSR count). The molecule has 0 atom stereocenters. The largest absolute Gasteiger partial charge is 0.299 e. The first kappa shape index (κ1) is 22.8. The van der Waals surface area contributed by atoms with E-state index in [1.807, 2.05) is 78.9 Å². The predicted octanol–water partition coefficient (Wildman–Crippen LogP) is 7.39. The van der Waals surface area contributed by atoms with Crippen LogP contribution < -0.4 is 0 Å². The highest BCUT2D eigenvalue weighted by molar-refractivity contribution is 6.54. The monoisotopic (exact) mass is 485 g/mol. The molecule has 5 aromatic rings. The van der Waals surface area contributed by atoms with E-state index in [2.05, 4.69) is 12.1 Å². The average molecular weight is 486 g/mol. The second kappa shape index (κ2) is 9.09. The Morgan fingerprint density at radius 3 is 1.89 bits per heavy atom. The molecule has 38 heavy (non-hydrogen) atoms. The molecule has 176 valence electrons. The van der Waals surface area contributed by atoms with Crippen LogP contribution in [0.1, 0.15) is 22.3 Å². The van der Waals surface area contributed by atoms with Gasteiger partial charge in [-0.15, -0.1) is 0 Å². The molecule has 1 aromatic heterocycles. The Kier molecular flexibility index (Phi) is 5.45. The van der Waals surface area contributed by atoms with Gasteiger partial charge in [-0.2, -0.15) is 10.5 Å². The zero-order chi connectivity index (χ0) is 26.2. The number of allylic oxidation sites excluding steroid dienone is 1. The molecule has 4 aromatic carbocycles. The molecular weight excluding hydrogens is 466 g/mol. The molecule has 1 heterocycles. The Balaban J connectivity index is 1.47. The number of pyridine rings is 1. The zero-order valence-electron chi connectivity index (χ0n) is 20.2. The highest BCUT2D eigenvalue weighted by Gasteiger charge is 2.23. The van der Waals surface area contributed by atoms with Gasteiger partial charge in [-0.1, -0.05) is 66.7 Å². The fourth-order valence-corrected chi connectivity index (χ4v) is 4.87. The van der Waals surface area contributed by atoms with Gasteiger partial charge < -0.3 is 0 Å². The second-order valence-electron chi connectivity index (χ2n) is 9.07. The third-order valence-corrected chi connectivity index (χ3v) is 6.75. The summed E-state index contributed by atoms with van der Waals surface area (Å²) < 4.78 is 0. The van der Waals surface area contributed by atoms with E-state index in [9.17, 15) is 10.5 Å². The highest BCUT2D eigenvalue weighted by atomic mass is 14.7. The van der Waals surface area contributed by atoms with Crippen molar-refractivity contribution >= 4 is 28.4 Å². The molecule has 0 fully saturated rings. The maximum absolute atomic E-state index is 9.31. The first-order valence-corrected chi connectivity index (χ1v) is 12.0. The lowest BCUT2D eigenvalue weighted by Gasteiger charge is -2.19. The van der Waals surface area contributed by atoms with Gasteiger partial charge in [0.05, 0.1) is 45.9 Å². The van der Waals surface area contributed by atoms with E-state index in [-0.39, 0.29) is 11.4 Å². The van der Waals surface area contributed by atoms with Gasteiger partial charge in [-0.25, -0.2) is 4.98 Å². The van der Waals surface area contributed by atoms with Gasteiger partial charge in [0.2, 0.25) is 0 Å². The number of rotatable bonds is 3. The first-order chi connectivity index (χ1) is 18.6. The molecule has 1 aliphatic rings. The van der Waals surface area contributed by atoms with Gasteiger partial charge in [-0.3, -0.25) is 10.8 Å². The number of nitrogens with zero attached hydrogens (tertiary/aromatic N) is 3. The molecule has 0 spiro atoms. The average Bonchev–Trinajstić information content (AvgIpc) is 2.98. The van der Waals surface area contributed by atoms with Crippen molar-refractivity contribution in [3.8, 4) is 45.6 Å². The number of hydrogen-bond acceptors (Lipinski definition) is 5. The Morgan fingerprint density at radius 2 is 1.24 bits per heavy atom. The SMILES string of the molecule is N#Cc1cc(C#N)cc(-c2ccc(-c3ccc4c5c(c(-c6ccccc6)nc4c3)C=CC(=N)C5=N)cc2)c1. The standard InChI is InChI=1S/C33H19N5/c34-18-20-14-21(19-35)16-26(15-20)23-8-6-22(7-9-23)25-10-11-27-30(17-25)38-33(24-4-2-1-3-5-24)28-12-13-29(36)32(37)31(27)28/h1-17,36-37H. The summed E-state index contributed by atoms with van der Waals surface area (Å²) in [5.74, 6) is 0. The van der Waals surface area contributed by atoms with Crippen LogP contribution in [0.15, 0.2) is 97.1 Å². The molecule has 0 saturated carbocycles. The Morgan fingerprint density at radius 1 is 0.605 bits per heavy atom. The maximum atomic E-state index is 9.31. The quantitative estimate of drug-likeness (QED) is 0.278. The summed E-state index contributed by atoms with van der Waals surface area (Å²) in [6.45, 7) is 0. The van der Waals surface area contributed by atoms with E-state index in [0.717, 1.165) is 55.5 Å². The Bertz CT molecular complexity index is 1870. The topological polar surface area (TPSA) is 108 Å². The molecule has 0 unspecified atom stereocenters. The van der Waals surface area contributed by atoms with Crippen LogP contribution in [0.3, 0.4) is 0 Å². The lowest BCUT2D eigenvalue weighted by atomic mass is 9.87. The predicted molar refractivity (Wildman–Crippen MR) is 151 cm³/mol. The highest BCUT2D eigenvalue weighted by Crippen LogP contribution is 2.36. The summed E-state index contributed by atoms with van der Waals surface area (Å²) in [5.41, 5.74) is 9.10. The fourth-order valence-electron chi connectivity index (χ4n) is 4.87. The van der Waals surface area contributed by atoms with Crippen molar-refractivity contribution in [3.05, 3.63) is 119 Å². The summed E-state index contributed by atoms with van der Waals surface area (Å²) in [7, 11) is 0. The molecule has 5 nitrogen and oxygen atoms in total. The summed E-state index contributed by atoms with van der Waals surface area (Å²) in [5, 5.41) is 36.3. The summed E-state index contributed by atoms with van der Waals surface area (Å²) >= 11 is 0. The number of nitriles is 2. The van der Waals surface area contributed by atoms with Crippen molar-refractivity contribution in [1.29, 1.82) is 21.3 Å². The van der Waals surface area contributed by atoms with Crippen molar-refractivity contribution in [3.63, 3.8) is 0 Å². The van der Waals surface area contributed by atoms with Crippen molar-refractivity contribution in [2.24, 2.45) is 0 Å². The normalized spacial score (nSPS) is 12.2. The lowest BCUT2D eigenvalue weighted by Crippen LogP contribution is -2.17. The van der Waals surface area contributed by atoms with Gasteiger partial charge in [0.1, 0.15) is 0 Å². The second-order valence-corrected chi connectivity index (χ2v) is 9.07. The van der Waals surface area contributed by atoms with Crippen LogP contribution in [0.2, 0.25) is 0 Å². The van der Waals surface area contributed by atoms with Crippen LogP contribution in [0, 0.1) is 33.5 Å². The molecule has 0 radical (unpaired) electrons. The number of benzene rings is 4. The van der Waals surface area contributed by atoms with Crippen LogP contribution in [0.4, 0.5) is 0 Å². The summed E-state index contributed by atoms with van der Waals surface area (Å²) in [4.78, 5) is 5.03. The molecule has 0 amide bonds. The van der Waals surface area contributed by atoms with Crippen LogP contribution in [0.25, 0.3) is 50.5 Å². The minimum Gasteiger partial charge on any atom is -0.299 e. The summed E-state index contributed by atoms with van der Waals surface area (Å²) in [6, 6.07) is 33.3. The van der Waals surface area contributed by atoms with Crippen molar-refractivity contribution in [1.82, 2.24) is 4.98 Å². The van der Waals surface area contributed by atoms with Crippen LogP contribution in [0.5, 0.6) is 0 Å². The van der Waals surface area contributed by atoms with Gasteiger partial charge in [0.25, 0.3) is 0 Å². The van der Waals surface area contributed by atoms with E-state index in [1.165, 1.54) is 0 Å². The Labute approximate surface area is 219 Å². The van der Waals surface area contributed by atoms with Crippen molar-refractivity contribution in [2.75, 3.05) is 0 Å². The minimum absolute atomic E-state index is 0.184. The van der Waals surface area contributed by atoms with Crippen LogP contribution in [-0.2, 0) is 0 Å². The Hall–Kier alpha value is -5.65. The van der Waals surface area contributed by atoms with Crippen LogP contribution >= 0.6 is 0 Å². The van der Waals surface area contributed by atoms with E-state index in [0.29, 0.717) is 11.1 Å². The van der Waals surface area contributed by atoms with E-state index < -0.39 is 0 Å². The number of hydrogen-bond donors (Lipinski definition) is 2. The third-order valence-electron chi connectivity index (χ3n) is 6.75. The van der Waals surface area contributed by atoms with Gasteiger partial charge in [0, 0.05) is 22.1 Å². The molecule has 0 saturated heterocycles. The molecule has 1 aliphatic carbocycles. The number of nitrogens with one attached hydrogen (secondary N) is 2. The minimum atomic E-state index is 0.184. The van der Waals surface area contributed by atoms with Gasteiger partial charge >= 0.3 is 0 Å². The first-order valence-electron chi connectivity index (χ1n) is 12.0. The van der Waals surface area contributed by atoms with E-state index in [1.54, 1.807) is 24.3 Å². The number of aromatic nitrogens is 1. The van der Waals surface area contributed by atoms with Gasteiger partial charge in [0.15, 0.2) is 0 Å². The fraction of sp³-hybridized carbons (Fsp3) is 0.